The van der Waals surface area contributed by atoms with Crippen LogP contribution >= 0.6 is 11.3 Å². The van der Waals surface area contributed by atoms with Crippen molar-refractivity contribution < 1.29 is 4.74 Å². The molecule has 0 aromatic carbocycles. The van der Waals surface area contributed by atoms with E-state index in [2.05, 4.69) is 22.3 Å². The number of ether oxygens (including phenoxy) is 1. The standard InChI is InChI=1S/C12H15N3OS/c1-7-5-17-11-10(7)14-6-15-12(11)16-9-4-2-3-8(9)13/h5-6,8-9H,2-4,13H2,1H3. The van der Waals surface area contributed by atoms with Gasteiger partial charge in [-0.05, 0) is 37.1 Å². The van der Waals surface area contributed by atoms with Crippen LogP contribution < -0.4 is 10.5 Å². The van der Waals surface area contributed by atoms with Crippen molar-refractivity contribution in [3.8, 4) is 5.88 Å². The Labute approximate surface area is 104 Å². The third kappa shape index (κ3) is 1.89. The molecule has 2 aromatic rings. The van der Waals surface area contributed by atoms with Crippen molar-refractivity contribution in [1.82, 2.24) is 9.97 Å². The number of aromatic nitrogens is 2. The minimum Gasteiger partial charge on any atom is -0.472 e. The molecule has 1 fully saturated rings. The van der Waals surface area contributed by atoms with Crippen LogP contribution in [-0.4, -0.2) is 22.1 Å². The maximum absolute atomic E-state index is 6.01. The molecule has 2 heterocycles. The van der Waals surface area contributed by atoms with Gasteiger partial charge in [0, 0.05) is 6.04 Å². The lowest BCUT2D eigenvalue weighted by Crippen LogP contribution is -2.33. The van der Waals surface area contributed by atoms with E-state index in [0.29, 0.717) is 5.88 Å². The minimum atomic E-state index is 0.107. The second-order valence-corrected chi connectivity index (χ2v) is 5.41. The van der Waals surface area contributed by atoms with Crippen molar-refractivity contribution in [3.63, 3.8) is 0 Å². The van der Waals surface area contributed by atoms with Crippen LogP contribution in [0.2, 0.25) is 0 Å². The van der Waals surface area contributed by atoms with Gasteiger partial charge in [0.05, 0.1) is 5.52 Å². The largest absolute Gasteiger partial charge is 0.472 e. The highest BCUT2D eigenvalue weighted by Crippen LogP contribution is 2.32. The highest BCUT2D eigenvalue weighted by atomic mass is 32.1. The molecule has 0 bridgehead atoms. The molecule has 0 radical (unpaired) electrons. The Morgan fingerprint density at radius 3 is 3.06 bits per heavy atom. The van der Waals surface area contributed by atoms with E-state index in [-0.39, 0.29) is 12.1 Å². The predicted molar refractivity (Wildman–Crippen MR) is 68.4 cm³/mol. The zero-order valence-corrected chi connectivity index (χ0v) is 10.5. The van der Waals surface area contributed by atoms with Crippen molar-refractivity contribution in [2.45, 2.75) is 38.3 Å². The molecule has 0 aliphatic heterocycles. The fraction of sp³-hybridized carbons (Fsp3) is 0.500. The molecule has 0 saturated heterocycles. The molecule has 0 spiro atoms. The zero-order valence-electron chi connectivity index (χ0n) is 9.72. The van der Waals surface area contributed by atoms with Gasteiger partial charge in [-0.15, -0.1) is 11.3 Å². The Morgan fingerprint density at radius 2 is 2.29 bits per heavy atom. The number of rotatable bonds is 2. The lowest BCUT2D eigenvalue weighted by molar-refractivity contribution is 0.187. The van der Waals surface area contributed by atoms with E-state index in [9.17, 15) is 0 Å². The van der Waals surface area contributed by atoms with E-state index in [0.717, 1.165) is 29.5 Å². The van der Waals surface area contributed by atoms with Crippen molar-refractivity contribution in [1.29, 1.82) is 0 Å². The summed E-state index contributed by atoms with van der Waals surface area (Å²) in [5, 5.41) is 2.08. The molecule has 1 aliphatic carbocycles. The van der Waals surface area contributed by atoms with Crippen LogP contribution in [0.4, 0.5) is 0 Å². The molecule has 17 heavy (non-hydrogen) atoms. The molecular weight excluding hydrogens is 234 g/mol. The Balaban J connectivity index is 1.94. The summed E-state index contributed by atoms with van der Waals surface area (Å²) in [6.45, 7) is 2.05. The Bertz CT molecular complexity index is 540. The summed E-state index contributed by atoms with van der Waals surface area (Å²) in [5.74, 6) is 0.690. The number of hydrogen-bond acceptors (Lipinski definition) is 5. The van der Waals surface area contributed by atoms with Gasteiger partial charge in [-0.2, -0.15) is 0 Å². The SMILES string of the molecule is Cc1csc2c(OC3CCCC3N)ncnc12. The first kappa shape index (κ1) is 10.9. The fourth-order valence-corrected chi connectivity index (χ4v) is 3.21. The van der Waals surface area contributed by atoms with Crippen LogP contribution in [-0.2, 0) is 0 Å². The van der Waals surface area contributed by atoms with Crippen molar-refractivity contribution in [3.05, 3.63) is 17.3 Å². The molecule has 4 nitrogen and oxygen atoms in total. The summed E-state index contributed by atoms with van der Waals surface area (Å²) in [5.41, 5.74) is 8.18. The van der Waals surface area contributed by atoms with Gasteiger partial charge in [0.1, 0.15) is 17.1 Å². The Morgan fingerprint density at radius 1 is 1.41 bits per heavy atom. The van der Waals surface area contributed by atoms with Crippen molar-refractivity contribution in [2.24, 2.45) is 5.73 Å². The van der Waals surface area contributed by atoms with Gasteiger partial charge in [0.15, 0.2) is 0 Å². The first-order valence-electron chi connectivity index (χ1n) is 5.87. The second kappa shape index (κ2) is 4.23. The molecule has 3 rings (SSSR count). The quantitative estimate of drug-likeness (QED) is 0.886. The lowest BCUT2D eigenvalue weighted by atomic mass is 10.2. The maximum Gasteiger partial charge on any atom is 0.235 e. The molecule has 0 amide bonds. The highest BCUT2D eigenvalue weighted by molar-refractivity contribution is 7.17. The number of thiophene rings is 1. The maximum atomic E-state index is 6.01. The third-order valence-electron chi connectivity index (χ3n) is 3.26. The third-order valence-corrected chi connectivity index (χ3v) is 4.34. The van der Waals surface area contributed by atoms with Gasteiger partial charge in [-0.1, -0.05) is 0 Å². The summed E-state index contributed by atoms with van der Waals surface area (Å²) < 4.78 is 6.98. The van der Waals surface area contributed by atoms with Gasteiger partial charge in [0.25, 0.3) is 0 Å². The van der Waals surface area contributed by atoms with Crippen LogP contribution in [0.15, 0.2) is 11.7 Å². The molecule has 2 atom stereocenters. The topological polar surface area (TPSA) is 61.0 Å². The number of hydrogen-bond donors (Lipinski definition) is 1. The van der Waals surface area contributed by atoms with Crippen LogP contribution in [0.1, 0.15) is 24.8 Å². The Hall–Kier alpha value is -1.20. The molecule has 1 aliphatic rings. The smallest absolute Gasteiger partial charge is 0.235 e. The summed E-state index contributed by atoms with van der Waals surface area (Å²) in [4.78, 5) is 8.52. The van der Waals surface area contributed by atoms with E-state index >= 15 is 0 Å². The normalized spacial score (nSPS) is 24.4. The number of aryl methyl sites for hydroxylation is 1. The molecule has 2 aromatic heterocycles. The van der Waals surface area contributed by atoms with Gasteiger partial charge in [-0.3, -0.25) is 0 Å². The van der Waals surface area contributed by atoms with Crippen LogP contribution in [0, 0.1) is 6.92 Å². The second-order valence-electron chi connectivity index (χ2n) is 4.53. The van der Waals surface area contributed by atoms with Gasteiger partial charge >= 0.3 is 0 Å². The van der Waals surface area contributed by atoms with E-state index in [1.807, 2.05) is 0 Å². The fourth-order valence-electron chi connectivity index (χ4n) is 2.28. The Kier molecular flexibility index (Phi) is 2.72. The summed E-state index contributed by atoms with van der Waals surface area (Å²) in [6.07, 6.45) is 4.89. The van der Waals surface area contributed by atoms with Gasteiger partial charge < -0.3 is 10.5 Å². The highest BCUT2D eigenvalue weighted by Gasteiger charge is 2.26. The zero-order chi connectivity index (χ0) is 11.8. The molecular formula is C12H15N3OS. The summed E-state index contributed by atoms with van der Waals surface area (Å²) >= 11 is 1.63. The minimum absolute atomic E-state index is 0.107. The number of nitrogens with zero attached hydrogens (tertiary/aromatic N) is 2. The average molecular weight is 249 g/mol. The average Bonchev–Trinajstić information content (AvgIpc) is 2.89. The predicted octanol–water partition coefficient (Wildman–Crippen LogP) is 2.26. The number of nitrogens with two attached hydrogens (primary N) is 1. The van der Waals surface area contributed by atoms with Crippen LogP contribution in [0.5, 0.6) is 5.88 Å². The van der Waals surface area contributed by atoms with Gasteiger partial charge in [-0.25, -0.2) is 9.97 Å². The first-order valence-corrected chi connectivity index (χ1v) is 6.74. The summed E-state index contributed by atoms with van der Waals surface area (Å²) in [7, 11) is 0. The molecule has 5 heteroatoms. The van der Waals surface area contributed by atoms with E-state index < -0.39 is 0 Å². The molecule has 90 valence electrons. The van der Waals surface area contributed by atoms with E-state index in [1.54, 1.807) is 17.7 Å². The lowest BCUT2D eigenvalue weighted by Gasteiger charge is -2.17. The van der Waals surface area contributed by atoms with Gasteiger partial charge in [0.2, 0.25) is 5.88 Å². The van der Waals surface area contributed by atoms with Crippen molar-refractivity contribution in [2.75, 3.05) is 0 Å². The molecule has 2 unspecified atom stereocenters. The van der Waals surface area contributed by atoms with E-state index in [4.69, 9.17) is 10.5 Å². The van der Waals surface area contributed by atoms with E-state index in [1.165, 1.54) is 5.56 Å². The van der Waals surface area contributed by atoms with Crippen LogP contribution in [0.25, 0.3) is 10.2 Å². The molecule has 2 N–H and O–H groups in total. The van der Waals surface area contributed by atoms with Crippen molar-refractivity contribution >= 4 is 21.6 Å². The monoisotopic (exact) mass is 249 g/mol. The molecule has 1 saturated carbocycles. The number of fused-ring (bicyclic) bond motifs is 1. The van der Waals surface area contributed by atoms with Crippen LogP contribution in [0.3, 0.4) is 0 Å². The first-order chi connectivity index (χ1) is 8.25. The summed E-state index contributed by atoms with van der Waals surface area (Å²) in [6, 6.07) is 0.140.